The summed E-state index contributed by atoms with van der Waals surface area (Å²) in [5.41, 5.74) is -0.336. The number of carbonyl (C=O) groups excluding carboxylic acids is 1. The molecule has 0 radical (unpaired) electrons. The molecule has 0 bridgehead atoms. The van der Waals surface area contributed by atoms with Crippen molar-refractivity contribution in [2.75, 3.05) is 33.4 Å². The van der Waals surface area contributed by atoms with Crippen LogP contribution in [0.5, 0.6) is 0 Å². The maximum Gasteiger partial charge on any atom is 0.250 e. The number of morpholine rings is 1. The van der Waals surface area contributed by atoms with E-state index in [1.54, 1.807) is 7.11 Å². The Bertz CT molecular complexity index is 218. The smallest absolute Gasteiger partial charge is 0.250 e. The molecule has 0 saturated carbocycles. The molecule has 6 heteroatoms. The molecule has 1 aliphatic rings. The molecule has 0 aliphatic carbocycles. The Morgan fingerprint density at radius 3 is 2.81 bits per heavy atom. The predicted molar refractivity (Wildman–Crippen MR) is 64.0 cm³/mol. The number of methoxy groups -OCH3 is 1. The zero-order valence-electron chi connectivity index (χ0n) is 10.0. The zero-order chi connectivity index (χ0) is 11.3. The van der Waals surface area contributed by atoms with Crippen LogP contribution >= 0.6 is 12.4 Å². The van der Waals surface area contributed by atoms with Gasteiger partial charge in [-0.1, -0.05) is 0 Å². The summed E-state index contributed by atoms with van der Waals surface area (Å²) in [4.78, 5) is 11.6. The third kappa shape index (κ3) is 5.12. The Kier molecular flexibility index (Phi) is 6.90. The van der Waals surface area contributed by atoms with Gasteiger partial charge in [-0.15, -0.1) is 12.4 Å². The van der Waals surface area contributed by atoms with Crippen molar-refractivity contribution >= 4 is 18.3 Å². The average molecular weight is 253 g/mol. The van der Waals surface area contributed by atoms with Crippen LogP contribution in [0.15, 0.2) is 0 Å². The van der Waals surface area contributed by atoms with Crippen molar-refractivity contribution in [2.24, 2.45) is 0 Å². The number of nitrogens with one attached hydrogen (secondary N) is 2. The minimum atomic E-state index is -0.369. The van der Waals surface area contributed by atoms with Crippen LogP contribution in [0.1, 0.15) is 13.8 Å². The van der Waals surface area contributed by atoms with Gasteiger partial charge in [-0.25, -0.2) is 0 Å². The molecule has 0 aromatic carbocycles. The standard InChI is InChI=1S/C10H20N2O3.ClH/c1-10(2,14-3)7-12-9(13)8-6-11-4-5-15-8;/h8,11H,4-7H2,1-3H3,(H,12,13);1H/t8-;/m1./s1. The largest absolute Gasteiger partial charge is 0.377 e. The highest BCUT2D eigenvalue weighted by atomic mass is 35.5. The van der Waals surface area contributed by atoms with Crippen molar-refractivity contribution in [3.05, 3.63) is 0 Å². The monoisotopic (exact) mass is 252 g/mol. The van der Waals surface area contributed by atoms with E-state index >= 15 is 0 Å². The van der Waals surface area contributed by atoms with Crippen LogP contribution in [-0.4, -0.2) is 51.0 Å². The van der Waals surface area contributed by atoms with Crippen LogP contribution < -0.4 is 10.6 Å². The predicted octanol–water partition coefficient (Wildman–Crippen LogP) is -0.0622. The molecule has 0 aromatic rings. The molecule has 1 aliphatic heterocycles. The van der Waals surface area contributed by atoms with Crippen LogP contribution in [0.25, 0.3) is 0 Å². The van der Waals surface area contributed by atoms with Gasteiger partial charge in [0.15, 0.2) is 0 Å². The quantitative estimate of drug-likeness (QED) is 0.736. The minimum absolute atomic E-state index is 0. The topological polar surface area (TPSA) is 59.6 Å². The van der Waals surface area contributed by atoms with Crippen LogP contribution in [0.4, 0.5) is 0 Å². The summed E-state index contributed by atoms with van der Waals surface area (Å²) in [5.74, 6) is -0.0766. The maximum atomic E-state index is 11.6. The summed E-state index contributed by atoms with van der Waals surface area (Å²) in [5, 5.41) is 5.92. The Balaban J connectivity index is 0.00000225. The first-order valence-corrected chi connectivity index (χ1v) is 5.20. The van der Waals surface area contributed by atoms with Gasteiger partial charge in [0.1, 0.15) is 6.10 Å². The minimum Gasteiger partial charge on any atom is -0.377 e. The Morgan fingerprint density at radius 1 is 1.62 bits per heavy atom. The fraction of sp³-hybridized carbons (Fsp3) is 0.900. The molecule has 1 rings (SSSR count). The van der Waals surface area contributed by atoms with Crippen LogP contribution in [-0.2, 0) is 14.3 Å². The first-order valence-electron chi connectivity index (χ1n) is 5.20. The van der Waals surface area contributed by atoms with E-state index in [4.69, 9.17) is 9.47 Å². The number of ether oxygens (including phenoxy) is 2. The SMILES string of the molecule is COC(C)(C)CNC(=O)[C@H]1CNCCO1.Cl. The van der Waals surface area contributed by atoms with Crippen LogP contribution in [0.2, 0.25) is 0 Å². The second-order valence-corrected chi connectivity index (χ2v) is 4.25. The van der Waals surface area contributed by atoms with Crippen molar-refractivity contribution < 1.29 is 14.3 Å². The van der Waals surface area contributed by atoms with Crippen molar-refractivity contribution in [3.63, 3.8) is 0 Å². The van der Waals surface area contributed by atoms with E-state index in [1.165, 1.54) is 0 Å². The van der Waals surface area contributed by atoms with Crippen molar-refractivity contribution in [1.29, 1.82) is 0 Å². The summed E-state index contributed by atoms with van der Waals surface area (Å²) in [7, 11) is 1.63. The maximum absolute atomic E-state index is 11.6. The zero-order valence-corrected chi connectivity index (χ0v) is 10.9. The van der Waals surface area contributed by atoms with Gasteiger partial charge >= 0.3 is 0 Å². The van der Waals surface area contributed by atoms with E-state index in [1.807, 2.05) is 13.8 Å². The number of hydrogen-bond acceptors (Lipinski definition) is 4. The van der Waals surface area contributed by atoms with Gasteiger partial charge in [-0.05, 0) is 13.8 Å². The number of rotatable bonds is 4. The molecule has 1 atom stereocenters. The molecule has 2 N–H and O–H groups in total. The van der Waals surface area contributed by atoms with Crippen LogP contribution in [0.3, 0.4) is 0 Å². The second-order valence-electron chi connectivity index (χ2n) is 4.25. The third-order valence-electron chi connectivity index (χ3n) is 2.46. The molecular weight excluding hydrogens is 232 g/mol. The Morgan fingerprint density at radius 2 is 2.31 bits per heavy atom. The molecule has 0 spiro atoms. The normalized spacial score (nSPS) is 21.1. The lowest BCUT2D eigenvalue weighted by Crippen LogP contribution is -2.50. The highest BCUT2D eigenvalue weighted by Crippen LogP contribution is 2.05. The number of amides is 1. The first-order chi connectivity index (χ1) is 7.05. The van der Waals surface area contributed by atoms with E-state index in [9.17, 15) is 4.79 Å². The molecule has 1 fully saturated rings. The fourth-order valence-corrected chi connectivity index (χ4v) is 1.22. The van der Waals surface area contributed by atoms with Crippen molar-refractivity contribution in [1.82, 2.24) is 10.6 Å². The van der Waals surface area contributed by atoms with Gasteiger partial charge in [0.25, 0.3) is 5.91 Å². The van der Waals surface area contributed by atoms with E-state index in [0.29, 0.717) is 19.7 Å². The van der Waals surface area contributed by atoms with Crippen molar-refractivity contribution in [2.45, 2.75) is 25.6 Å². The number of halogens is 1. The first kappa shape index (κ1) is 15.6. The summed E-state index contributed by atoms with van der Waals surface area (Å²) in [6.07, 6.45) is -0.369. The Hall–Kier alpha value is -0.360. The number of carbonyl (C=O) groups is 1. The highest BCUT2D eigenvalue weighted by molar-refractivity contribution is 5.85. The lowest BCUT2D eigenvalue weighted by Gasteiger charge is -2.26. The summed E-state index contributed by atoms with van der Waals surface area (Å²) in [6, 6.07) is 0. The van der Waals surface area contributed by atoms with Gasteiger partial charge in [0.05, 0.1) is 12.2 Å². The van der Waals surface area contributed by atoms with Crippen LogP contribution in [0, 0.1) is 0 Å². The summed E-state index contributed by atoms with van der Waals surface area (Å²) >= 11 is 0. The van der Waals surface area contributed by atoms with E-state index in [-0.39, 0.29) is 30.0 Å². The molecule has 1 heterocycles. The van der Waals surface area contributed by atoms with Gasteiger partial charge < -0.3 is 20.1 Å². The molecule has 1 amide bonds. The fourth-order valence-electron chi connectivity index (χ4n) is 1.22. The lowest BCUT2D eigenvalue weighted by atomic mass is 10.1. The molecule has 0 aromatic heterocycles. The lowest BCUT2D eigenvalue weighted by molar-refractivity contribution is -0.135. The van der Waals surface area contributed by atoms with E-state index < -0.39 is 0 Å². The molecule has 5 nitrogen and oxygen atoms in total. The molecule has 16 heavy (non-hydrogen) atoms. The molecule has 96 valence electrons. The van der Waals surface area contributed by atoms with Gasteiger partial charge in [-0.3, -0.25) is 4.79 Å². The molecule has 1 saturated heterocycles. The van der Waals surface area contributed by atoms with E-state index in [0.717, 1.165) is 6.54 Å². The average Bonchev–Trinajstić information content (AvgIpc) is 2.27. The highest BCUT2D eigenvalue weighted by Gasteiger charge is 2.24. The second kappa shape index (κ2) is 7.06. The summed E-state index contributed by atoms with van der Waals surface area (Å²) in [6.45, 7) is 6.32. The van der Waals surface area contributed by atoms with Crippen molar-refractivity contribution in [3.8, 4) is 0 Å². The van der Waals surface area contributed by atoms with E-state index in [2.05, 4.69) is 10.6 Å². The Labute approximate surface area is 103 Å². The third-order valence-corrected chi connectivity index (χ3v) is 2.46. The summed E-state index contributed by atoms with van der Waals surface area (Å²) < 4.78 is 10.5. The van der Waals surface area contributed by atoms with Gasteiger partial charge in [0.2, 0.25) is 0 Å². The molecular formula is C10H21ClN2O3. The number of hydrogen-bond donors (Lipinski definition) is 2. The van der Waals surface area contributed by atoms with Gasteiger partial charge in [0, 0.05) is 26.7 Å². The molecule has 0 unspecified atom stereocenters. The van der Waals surface area contributed by atoms with Gasteiger partial charge in [-0.2, -0.15) is 0 Å².